The van der Waals surface area contributed by atoms with Gasteiger partial charge < -0.3 is 15.5 Å². The monoisotopic (exact) mass is 375 g/mol. The highest BCUT2D eigenvalue weighted by Gasteiger charge is 2.12. The molecule has 1 aromatic heterocycles. The predicted octanol–water partition coefficient (Wildman–Crippen LogP) is 4.46. The number of hydrogen-bond acceptors (Lipinski definition) is 5. The molecule has 144 valence electrons. The number of carbonyl (C=O) groups excluding carboxylic acids is 1. The van der Waals surface area contributed by atoms with Crippen molar-refractivity contribution in [1.82, 2.24) is 9.97 Å². The van der Waals surface area contributed by atoms with Crippen LogP contribution in [0.25, 0.3) is 0 Å². The minimum atomic E-state index is -0.271. The van der Waals surface area contributed by atoms with Gasteiger partial charge >= 0.3 is 0 Å². The van der Waals surface area contributed by atoms with E-state index in [-0.39, 0.29) is 5.91 Å². The summed E-state index contributed by atoms with van der Waals surface area (Å²) >= 11 is 0. The van der Waals surface area contributed by atoms with E-state index in [4.69, 9.17) is 0 Å². The Bertz CT molecular complexity index is 996. The summed E-state index contributed by atoms with van der Waals surface area (Å²) in [5.41, 5.74) is 6.05. The molecule has 0 atom stereocenters. The maximum Gasteiger partial charge on any atom is 0.274 e. The van der Waals surface area contributed by atoms with Gasteiger partial charge in [-0.15, -0.1) is 0 Å². The molecule has 0 radical (unpaired) electrons. The molecule has 0 saturated heterocycles. The fourth-order valence-electron chi connectivity index (χ4n) is 2.79. The van der Waals surface area contributed by atoms with Crippen molar-refractivity contribution in [2.75, 3.05) is 29.6 Å². The summed E-state index contributed by atoms with van der Waals surface area (Å²) in [6, 6.07) is 15.3. The Morgan fingerprint density at radius 2 is 1.68 bits per heavy atom. The zero-order chi connectivity index (χ0) is 20.3. The number of benzene rings is 2. The van der Waals surface area contributed by atoms with Crippen LogP contribution in [0, 0.1) is 20.8 Å². The number of nitrogens with one attached hydrogen (secondary N) is 2. The second-order valence-electron chi connectivity index (χ2n) is 6.99. The summed E-state index contributed by atoms with van der Waals surface area (Å²) in [7, 11) is 3.95. The maximum atomic E-state index is 12.7. The molecule has 3 rings (SSSR count). The normalized spacial score (nSPS) is 10.5. The highest BCUT2D eigenvalue weighted by atomic mass is 16.1. The van der Waals surface area contributed by atoms with Crippen molar-refractivity contribution in [2.45, 2.75) is 20.8 Å². The summed E-state index contributed by atoms with van der Waals surface area (Å²) < 4.78 is 0. The molecular formula is C22H25N5O. The van der Waals surface area contributed by atoms with Crippen molar-refractivity contribution >= 4 is 28.9 Å². The van der Waals surface area contributed by atoms with Gasteiger partial charge in [0.2, 0.25) is 5.95 Å². The van der Waals surface area contributed by atoms with Crippen LogP contribution in [0.1, 0.15) is 27.3 Å². The lowest BCUT2D eigenvalue weighted by Gasteiger charge is -2.13. The largest absolute Gasteiger partial charge is 0.378 e. The van der Waals surface area contributed by atoms with E-state index in [0.29, 0.717) is 11.6 Å². The average molecular weight is 375 g/mol. The third kappa shape index (κ3) is 4.46. The molecule has 0 fully saturated rings. The minimum Gasteiger partial charge on any atom is -0.378 e. The number of anilines is 4. The number of carbonyl (C=O) groups is 1. The third-order valence-electron chi connectivity index (χ3n) is 4.58. The average Bonchev–Trinajstić information content (AvgIpc) is 2.65. The molecule has 0 aliphatic heterocycles. The van der Waals surface area contributed by atoms with Gasteiger partial charge in [-0.2, -0.15) is 0 Å². The Labute approximate surface area is 165 Å². The topological polar surface area (TPSA) is 70.2 Å². The lowest BCUT2D eigenvalue weighted by Crippen LogP contribution is -2.16. The highest BCUT2D eigenvalue weighted by molar-refractivity contribution is 6.03. The molecule has 0 bridgehead atoms. The van der Waals surface area contributed by atoms with Crippen LogP contribution in [0.4, 0.5) is 23.0 Å². The van der Waals surface area contributed by atoms with Gasteiger partial charge in [0.05, 0.1) is 0 Å². The first-order valence-corrected chi connectivity index (χ1v) is 9.11. The van der Waals surface area contributed by atoms with Crippen molar-refractivity contribution in [3.05, 3.63) is 71.0 Å². The van der Waals surface area contributed by atoms with Crippen LogP contribution < -0.4 is 15.5 Å². The molecule has 0 unspecified atom stereocenters. The van der Waals surface area contributed by atoms with Crippen molar-refractivity contribution in [3.63, 3.8) is 0 Å². The standard InChI is InChI=1S/C22H25N5O/c1-14-7-6-8-19(16(14)3)25-22-23-15(2)13-20(26-22)21(28)24-17-9-11-18(12-10-17)27(4)5/h6-13H,1-5H3,(H,24,28)(H,23,25,26). The Kier molecular flexibility index (Phi) is 5.59. The lowest BCUT2D eigenvalue weighted by molar-refractivity contribution is 0.102. The molecule has 1 heterocycles. The third-order valence-corrected chi connectivity index (χ3v) is 4.58. The van der Waals surface area contributed by atoms with Crippen LogP contribution in [0.5, 0.6) is 0 Å². The summed E-state index contributed by atoms with van der Waals surface area (Å²) in [6.45, 7) is 5.94. The Hall–Kier alpha value is -3.41. The second kappa shape index (κ2) is 8.08. The Balaban J connectivity index is 1.80. The van der Waals surface area contributed by atoms with Gasteiger partial charge in [0.25, 0.3) is 5.91 Å². The highest BCUT2D eigenvalue weighted by Crippen LogP contribution is 2.22. The summed E-state index contributed by atoms with van der Waals surface area (Å²) in [5, 5.41) is 6.11. The number of amides is 1. The van der Waals surface area contributed by atoms with Crippen molar-refractivity contribution in [1.29, 1.82) is 0 Å². The van der Waals surface area contributed by atoms with E-state index in [1.165, 1.54) is 5.56 Å². The zero-order valence-corrected chi connectivity index (χ0v) is 16.9. The smallest absolute Gasteiger partial charge is 0.274 e. The number of aryl methyl sites for hydroxylation is 2. The first-order chi connectivity index (χ1) is 13.3. The van der Waals surface area contributed by atoms with E-state index in [0.717, 1.165) is 28.3 Å². The lowest BCUT2D eigenvalue weighted by atomic mass is 10.1. The quantitative estimate of drug-likeness (QED) is 0.689. The van der Waals surface area contributed by atoms with Crippen molar-refractivity contribution in [2.24, 2.45) is 0 Å². The van der Waals surface area contributed by atoms with Gasteiger partial charge in [0.1, 0.15) is 5.69 Å². The zero-order valence-electron chi connectivity index (χ0n) is 16.9. The summed E-state index contributed by atoms with van der Waals surface area (Å²) in [4.78, 5) is 23.5. The predicted molar refractivity (Wildman–Crippen MR) is 115 cm³/mol. The van der Waals surface area contributed by atoms with Gasteiger partial charge in [0, 0.05) is 36.9 Å². The molecule has 2 aromatic carbocycles. The van der Waals surface area contributed by atoms with Crippen LogP contribution in [0.2, 0.25) is 0 Å². The fourth-order valence-corrected chi connectivity index (χ4v) is 2.79. The van der Waals surface area contributed by atoms with Gasteiger partial charge in [-0.1, -0.05) is 12.1 Å². The first kappa shape index (κ1) is 19.4. The molecule has 0 aliphatic carbocycles. The first-order valence-electron chi connectivity index (χ1n) is 9.11. The number of rotatable bonds is 5. The molecule has 2 N–H and O–H groups in total. The molecule has 6 nitrogen and oxygen atoms in total. The molecule has 0 saturated carbocycles. The van der Waals surface area contributed by atoms with Crippen LogP contribution >= 0.6 is 0 Å². The van der Waals surface area contributed by atoms with Crippen molar-refractivity contribution < 1.29 is 4.79 Å². The molecular weight excluding hydrogens is 350 g/mol. The van der Waals surface area contributed by atoms with E-state index in [1.54, 1.807) is 6.07 Å². The van der Waals surface area contributed by atoms with E-state index in [2.05, 4.69) is 33.6 Å². The van der Waals surface area contributed by atoms with Gasteiger partial charge in [-0.3, -0.25) is 4.79 Å². The fraction of sp³-hybridized carbons (Fsp3) is 0.227. The Morgan fingerprint density at radius 3 is 2.36 bits per heavy atom. The van der Waals surface area contributed by atoms with Crippen molar-refractivity contribution in [3.8, 4) is 0 Å². The molecule has 6 heteroatoms. The van der Waals surface area contributed by atoms with E-state index in [1.807, 2.05) is 69.2 Å². The van der Waals surface area contributed by atoms with E-state index >= 15 is 0 Å². The van der Waals surface area contributed by atoms with Gasteiger partial charge in [-0.05, 0) is 68.3 Å². The molecule has 1 amide bonds. The Morgan fingerprint density at radius 1 is 0.964 bits per heavy atom. The SMILES string of the molecule is Cc1cc(C(=O)Nc2ccc(N(C)C)cc2)nc(Nc2cccc(C)c2C)n1. The maximum absolute atomic E-state index is 12.7. The number of aromatic nitrogens is 2. The molecule has 3 aromatic rings. The van der Waals surface area contributed by atoms with E-state index in [9.17, 15) is 4.79 Å². The van der Waals surface area contributed by atoms with Crippen LogP contribution in [0.15, 0.2) is 48.5 Å². The van der Waals surface area contributed by atoms with Gasteiger partial charge in [-0.25, -0.2) is 9.97 Å². The van der Waals surface area contributed by atoms with E-state index < -0.39 is 0 Å². The van der Waals surface area contributed by atoms with Crippen LogP contribution in [-0.2, 0) is 0 Å². The number of hydrogen-bond donors (Lipinski definition) is 2. The molecule has 0 aliphatic rings. The summed E-state index contributed by atoms with van der Waals surface area (Å²) in [5.74, 6) is 0.133. The summed E-state index contributed by atoms with van der Waals surface area (Å²) in [6.07, 6.45) is 0. The molecule has 28 heavy (non-hydrogen) atoms. The molecule has 0 spiro atoms. The van der Waals surface area contributed by atoms with Crippen LogP contribution in [-0.4, -0.2) is 30.0 Å². The minimum absolute atomic E-state index is 0.271. The second-order valence-corrected chi connectivity index (χ2v) is 6.99. The van der Waals surface area contributed by atoms with Crippen LogP contribution in [0.3, 0.4) is 0 Å². The number of nitrogens with zero attached hydrogens (tertiary/aromatic N) is 3. The van der Waals surface area contributed by atoms with Gasteiger partial charge in [0.15, 0.2) is 0 Å².